The summed E-state index contributed by atoms with van der Waals surface area (Å²) in [5.41, 5.74) is 11.0. The molecule has 2 rings (SSSR count). The molecular weight excluding hydrogens is 289 g/mol. The van der Waals surface area contributed by atoms with Crippen molar-refractivity contribution in [3.05, 3.63) is 34.8 Å². The van der Waals surface area contributed by atoms with E-state index in [0.717, 1.165) is 12.1 Å². The predicted octanol–water partition coefficient (Wildman–Crippen LogP) is 2.52. The molecule has 120 valence electrons. The van der Waals surface area contributed by atoms with Gasteiger partial charge in [-0.25, -0.2) is 8.78 Å². The summed E-state index contributed by atoms with van der Waals surface area (Å²) in [7, 11) is -0.680. The van der Waals surface area contributed by atoms with Crippen LogP contribution in [0.5, 0.6) is 0 Å². The highest BCUT2D eigenvalue weighted by atomic mass is 19.1. The van der Waals surface area contributed by atoms with Crippen LogP contribution >= 0.6 is 0 Å². The maximum absolute atomic E-state index is 13.5. The van der Waals surface area contributed by atoms with Crippen LogP contribution < -0.4 is 11.5 Å². The first-order valence-corrected chi connectivity index (χ1v) is 7.08. The minimum absolute atomic E-state index is 0.119. The van der Waals surface area contributed by atoms with Gasteiger partial charge in [-0.05, 0) is 39.2 Å². The second-order valence-corrected chi connectivity index (χ2v) is 6.40. The van der Waals surface area contributed by atoms with Crippen LogP contribution in [0.25, 0.3) is 6.08 Å². The molecule has 1 heterocycles. The maximum atomic E-state index is 13.5. The molecule has 1 aromatic rings. The molecule has 0 saturated carbocycles. The highest BCUT2D eigenvalue weighted by molar-refractivity contribution is 6.56. The first kappa shape index (κ1) is 16.9. The van der Waals surface area contributed by atoms with Crippen molar-refractivity contribution in [2.75, 3.05) is 12.3 Å². The van der Waals surface area contributed by atoms with Crippen LogP contribution in [-0.2, 0) is 9.31 Å². The van der Waals surface area contributed by atoms with E-state index in [1.54, 1.807) is 0 Å². The van der Waals surface area contributed by atoms with Crippen LogP contribution in [0, 0.1) is 11.6 Å². The number of nitrogens with two attached hydrogens (primary N) is 2. The van der Waals surface area contributed by atoms with Crippen molar-refractivity contribution in [2.45, 2.75) is 38.9 Å². The van der Waals surface area contributed by atoms with Gasteiger partial charge in [-0.15, -0.1) is 0 Å². The fourth-order valence-corrected chi connectivity index (χ4v) is 2.14. The van der Waals surface area contributed by atoms with Gasteiger partial charge in [0.05, 0.1) is 16.9 Å². The van der Waals surface area contributed by atoms with E-state index in [2.05, 4.69) is 0 Å². The molecule has 1 saturated heterocycles. The lowest BCUT2D eigenvalue weighted by Gasteiger charge is -2.32. The van der Waals surface area contributed by atoms with Crippen LogP contribution in [0.3, 0.4) is 0 Å². The zero-order valence-corrected chi connectivity index (χ0v) is 13.2. The third-order valence-electron chi connectivity index (χ3n) is 4.26. The Morgan fingerprint density at radius 2 is 1.73 bits per heavy atom. The average molecular weight is 310 g/mol. The van der Waals surface area contributed by atoms with E-state index < -0.39 is 30.0 Å². The summed E-state index contributed by atoms with van der Waals surface area (Å²) < 4.78 is 38.7. The first-order chi connectivity index (χ1) is 10.1. The lowest BCUT2D eigenvalue weighted by Crippen LogP contribution is -2.41. The summed E-state index contributed by atoms with van der Waals surface area (Å²) in [6.45, 7) is 7.78. The Morgan fingerprint density at radius 1 is 1.18 bits per heavy atom. The summed E-state index contributed by atoms with van der Waals surface area (Å²) in [6, 6.07) is 1.89. The Labute approximate surface area is 129 Å². The van der Waals surface area contributed by atoms with E-state index in [9.17, 15) is 8.78 Å². The number of hydrogen-bond donors (Lipinski definition) is 2. The molecular formula is C15H21BF2N2O2. The second-order valence-electron chi connectivity index (χ2n) is 6.40. The number of rotatable bonds is 3. The topological polar surface area (TPSA) is 70.5 Å². The second kappa shape index (κ2) is 5.64. The van der Waals surface area contributed by atoms with Crippen LogP contribution in [0.15, 0.2) is 17.6 Å². The van der Waals surface area contributed by atoms with E-state index in [1.807, 2.05) is 27.7 Å². The molecule has 0 aliphatic carbocycles. The highest BCUT2D eigenvalue weighted by Crippen LogP contribution is 2.38. The summed E-state index contributed by atoms with van der Waals surface area (Å²) in [6.07, 6.45) is 1.52. The van der Waals surface area contributed by atoms with Crippen molar-refractivity contribution in [2.24, 2.45) is 5.73 Å². The number of nitrogen functional groups attached to an aromatic ring is 1. The van der Waals surface area contributed by atoms with Crippen LogP contribution in [0.4, 0.5) is 14.5 Å². The van der Waals surface area contributed by atoms with Gasteiger partial charge in [0.1, 0.15) is 11.6 Å². The minimum Gasteiger partial charge on any atom is -0.400 e. The lowest BCUT2D eigenvalue weighted by molar-refractivity contribution is 0.00578. The van der Waals surface area contributed by atoms with Gasteiger partial charge in [-0.2, -0.15) is 0 Å². The Balaban J connectivity index is 2.38. The van der Waals surface area contributed by atoms with E-state index >= 15 is 0 Å². The van der Waals surface area contributed by atoms with Gasteiger partial charge in [-0.1, -0.05) is 6.08 Å². The van der Waals surface area contributed by atoms with Gasteiger partial charge < -0.3 is 20.8 Å². The number of halogens is 2. The lowest BCUT2D eigenvalue weighted by atomic mass is 9.77. The molecule has 1 aliphatic rings. The molecule has 0 spiro atoms. The Kier molecular flexibility index (Phi) is 4.34. The molecule has 0 unspecified atom stereocenters. The Bertz CT molecular complexity index is 602. The van der Waals surface area contributed by atoms with Gasteiger partial charge >= 0.3 is 7.12 Å². The monoisotopic (exact) mass is 310 g/mol. The smallest absolute Gasteiger partial charge is 0.400 e. The van der Waals surface area contributed by atoms with Gasteiger partial charge in [0.2, 0.25) is 0 Å². The third-order valence-corrected chi connectivity index (χ3v) is 4.26. The zero-order chi connectivity index (χ0) is 16.7. The van der Waals surface area contributed by atoms with Crippen molar-refractivity contribution in [1.82, 2.24) is 0 Å². The molecule has 1 aromatic carbocycles. The summed E-state index contributed by atoms with van der Waals surface area (Å²) in [5, 5.41) is 0. The quantitative estimate of drug-likeness (QED) is 0.665. The molecule has 7 heteroatoms. The van der Waals surface area contributed by atoms with Gasteiger partial charge in [-0.3, -0.25) is 0 Å². The number of hydrogen-bond acceptors (Lipinski definition) is 4. The zero-order valence-electron chi connectivity index (χ0n) is 13.2. The molecule has 0 radical (unpaired) electrons. The molecule has 1 fully saturated rings. The third kappa shape index (κ3) is 3.02. The van der Waals surface area contributed by atoms with Gasteiger partial charge in [0.25, 0.3) is 0 Å². The van der Waals surface area contributed by atoms with Crippen molar-refractivity contribution < 1.29 is 18.1 Å². The summed E-state index contributed by atoms with van der Waals surface area (Å²) in [5.74, 6) is -1.51. The molecule has 0 bridgehead atoms. The van der Waals surface area contributed by atoms with Crippen LogP contribution in [0.1, 0.15) is 33.3 Å². The normalized spacial score (nSPS) is 20.5. The fraction of sp³-hybridized carbons (Fsp3) is 0.467. The van der Waals surface area contributed by atoms with Crippen molar-refractivity contribution in [3.63, 3.8) is 0 Å². The Morgan fingerprint density at radius 3 is 2.23 bits per heavy atom. The fourth-order valence-electron chi connectivity index (χ4n) is 2.14. The van der Waals surface area contributed by atoms with Crippen LogP contribution in [-0.4, -0.2) is 24.9 Å². The van der Waals surface area contributed by atoms with Gasteiger partial charge in [0.15, 0.2) is 0 Å². The first-order valence-electron chi connectivity index (χ1n) is 7.08. The van der Waals surface area contributed by atoms with Crippen molar-refractivity contribution in [3.8, 4) is 0 Å². The predicted molar refractivity (Wildman–Crippen MR) is 83.9 cm³/mol. The SMILES string of the molecule is CC1(C)OB(C(=Cc2cc(F)cc(F)c2N)CN)OC1(C)C. The van der Waals surface area contributed by atoms with Crippen molar-refractivity contribution in [1.29, 1.82) is 0 Å². The largest absolute Gasteiger partial charge is 0.491 e. The standard InChI is InChI=1S/C15H21BF2N2O2/c1-14(2)15(3,4)22-16(21-14)10(8-19)5-9-6-11(17)7-12(18)13(9)20/h5-7H,8,19-20H2,1-4H3. The summed E-state index contributed by atoms with van der Waals surface area (Å²) >= 11 is 0. The maximum Gasteiger partial charge on any atom is 0.491 e. The molecule has 22 heavy (non-hydrogen) atoms. The van der Waals surface area contributed by atoms with Gasteiger partial charge in [0, 0.05) is 18.2 Å². The van der Waals surface area contributed by atoms with Crippen LogP contribution in [0.2, 0.25) is 0 Å². The summed E-state index contributed by atoms with van der Waals surface area (Å²) in [4.78, 5) is 0. The van der Waals surface area contributed by atoms with E-state index in [1.165, 1.54) is 6.08 Å². The van der Waals surface area contributed by atoms with E-state index in [-0.39, 0.29) is 17.8 Å². The molecule has 4 N–H and O–H groups in total. The van der Waals surface area contributed by atoms with E-state index in [4.69, 9.17) is 20.8 Å². The molecule has 0 atom stereocenters. The molecule has 1 aliphatic heterocycles. The Hall–Kier alpha value is -1.44. The average Bonchev–Trinajstić information content (AvgIpc) is 2.60. The highest BCUT2D eigenvalue weighted by Gasteiger charge is 2.52. The minimum atomic E-state index is -0.809. The van der Waals surface area contributed by atoms with Crippen molar-refractivity contribution >= 4 is 18.9 Å². The number of benzene rings is 1. The molecule has 0 aromatic heterocycles. The molecule has 4 nitrogen and oxygen atoms in total. The number of anilines is 1. The van der Waals surface area contributed by atoms with E-state index in [0.29, 0.717) is 5.47 Å². The molecule has 0 amide bonds.